The minimum atomic E-state index is -0.871. The van der Waals surface area contributed by atoms with Gasteiger partial charge in [-0.25, -0.2) is 4.58 Å². The van der Waals surface area contributed by atoms with Gasteiger partial charge in [-0.3, -0.25) is 14.6 Å². The van der Waals surface area contributed by atoms with Gasteiger partial charge in [-0.2, -0.15) is 4.33 Å². The van der Waals surface area contributed by atoms with E-state index >= 15 is 0 Å². The van der Waals surface area contributed by atoms with Crippen LogP contribution in [0.5, 0.6) is 11.5 Å². The predicted molar refractivity (Wildman–Crippen MR) is 183 cm³/mol. The lowest BCUT2D eigenvalue weighted by molar-refractivity contribution is -0.777. The molecule has 0 fully saturated rings. The van der Waals surface area contributed by atoms with Gasteiger partial charge < -0.3 is 24.9 Å². The molecule has 3 aliphatic rings. The second kappa shape index (κ2) is 15.5. The Labute approximate surface area is 285 Å². The Morgan fingerprint density at radius 3 is 2.71 bits per heavy atom. The first-order chi connectivity index (χ1) is 23.4. The Hall–Kier alpha value is -3.90. The number of carboxylic acids is 1. The first-order valence-corrected chi connectivity index (χ1v) is 17.8. The molecule has 10 nitrogen and oxygen atoms in total. The Balaban J connectivity index is 1.51. The lowest BCUT2D eigenvalue weighted by Gasteiger charge is -2.33. The van der Waals surface area contributed by atoms with Crippen LogP contribution in [0, 0.1) is 0 Å². The third kappa shape index (κ3) is 7.24. The number of amides is 1. The van der Waals surface area contributed by atoms with Gasteiger partial charge in [0, 0.05) is 103 Å². The fourth-order valence-electron chi connectivity index (χ4n) is 7.17. The quantitative estimate of drug-likeness (QED) is 0.0702. The summed E-state index contributed by atoms with van der Waals surface area (Å²) in [7, 11) is 1.73. The predicted octanol–water partition coefficient (Wildman–Crippen LogP) is 3.84. The van der Waals surface area contributed by atoms with Crippen LogP contribution in [0.15, 0.2) is 48.5 Å². The molecule has 0 bridgehead atoms. The molecule has 1 N–H and O–H groups in total. The molecule has 3 aromatic carbocycles. The molecule has 254 valence electrons. The number of aryl methyl sites for hydroxylation is 2. The maximum atomic E-state index is 14.0. The van der Waals surface area contributed by atoms with Crippen molar-refractivity contribution in [2.24, 2.45) is 0 Å². The van der Waals surface area contributed by atoms with Crippen LogP contribution in [0.4, 0.5) is 5.69 Å². The molecule has 0 unspecified atom stereocenters. The van der Waals surface area contributed by atoms with E-state index in [0.29, 0.717) is 30.8 Å². The van der Waals surface area contributed by atoms with E-state index in [-0.39, 0.29) is 12.3 Å². The van der Waals surface area contributed by atoms with E-state index in [0.717, 1.165) is 109 Å². The molecule has 0 aliphatic carbocycles. The zero-order valence-electron chi connectivity index (χ0n) is 27.7. The number of carbonyl (C=O) groups is 2. The van der Waals surface area contributed by atoms with Crippen molar-refractivity contribution in [1.29, 1.82) is 0 Å². The molecule has 48 heavy (non-hydrogen) atoms. The van der Waals surface area contributed by atoms with Crippen LogP contribution in [0.3, 0.4) is 0 Å². The molecular formula is C37H43N3O7S. The lowest BCUT2D eigenvalue weighted by Crippen LogP contribution is -2.39. The van der Waals surface area contributed by atoms with Gasteiger partial charge in [0.25, 0.3) is 5.91 Å². The average Bonchev–Trinajstić information content (AvgIpc) is 3.09. The summed E-state index contributed by atoms with van der Waals surface area (Å²) in [6.45, 7) is 6.14. The molecule has 3 aliphatic heterocycles. The Kier molecular flexibility index (Phi) is 11.0. The van der Waals surface area contributed by atoms with Gasteiger partial charge in [-0.15, -0.1) is 0 Å². The normalized spacial score (nSPS) is 14.9. The molecule has 0 atom stereocenters. The van der Waals surface area contributed by atoms with Crippen LogP contribution in [0.1, 0.15) is 78.1 Å². The SMILES string of the molecule is CCCC[N+]1=c2cc3c(cc2CCC1)=C(c1ccccc1C(=O)N(C)CCCC(=O)O)c1cc2c(cc1O3)N(CCSOO[O-])CCC2. The van der Waals surface area contributed by atoms with Gasteiger partial charge in [-0.05, 0) is 55.0 Å². The maximum absolute atomic E-state index is 14.0. The zero-order chi connectivity index (χ0) is 33.6. The number of nitrogens with zero attached hydrogens (tertiary/aromatic N) is 3. The molecule has 6 rings (SSSR count). The van der Waals surface area contributed by atoms with Crippen molar-refractivity contribution in [2.75, 3.05) is 50.4 Å². The molecular weight excluding hydrogens is 630 g/mol. The van der Waals surface area contributed by atoms with Crippen LogP contribution < -0.4 is 30.0 Å². The molecule has 0 aromatic heterocycles. The minimum Gasteiger partial charge on any atom is -0.691 e. The highest BCUT2D eigenvalue weighted by Crippen LogP contribution is 2.42. The second-order valence-electron chi connectivity index (χ2n) is 12.7. The van der Waals surface area contributed by atoms with Crippen molar-refractivity contribution in [3.63, 3.8) is 0 Å². The van der Waals surface area contributed by atoms with Crippen molar-refractivity contribution >= 4 is 35.2 Å². The fraction of sp³-hybridized carbons (Fsp3) is 0.432. The molecule has 0 saturated carbocycles. The number of benzene rings is 3. The highest BCUT2D eigenvalue weighted by molar-refractivity contribution is 7.94. The number of hydrogen-bond donors (Lipinski definition) is 1. The third-order valence-electron chi connectivity index (χ3n) is 9.51. The monoisotopic (exact) mass is 673 g/mol. The largest absolute Gasteiger partial charge is 0.691 e. The second-order valence-corrected chi connectivity index (χ2v) is 13.5. The van der Waals surface area contributed by atoms with Crippen molar-refractivity contribution in [3.05, 3.63) is 86.9 Å². The van der Waals surface area contributed by atoms with E-state index < -0.39 is 5.97 Å². The Morgan fingerprint density at radius 2 is 1.90 bits per heavy atom. The minimum absolute atomic E-state index is 0.00930. The van der Waals surface area contributed by atoms with Crippen molar-refractivity contribution in [3.8, 4) is 11.5 Å². The van der Waals surface area contributed by atoms with Crippen LogP contribution in [-0.2, 0) is 27.0 Å². The number of carbonyl (C=O) groups excluding carboxylic acids is 1. The number of unbranched alkanes of at least 4 members (excludes halogenated alkanes) is 1. The Bertz CT molecular complexity index is 1810. The molecule has 11 heteroatoms. The van der Waals surface area contributed by atoms with Crippen molar-refractivity contribution < 1.29 is 34.1 Å². The Morgan fingerprint density at radius 1 is 1.06 bits per heavy atom. The zero-order valence-corrected chi connectivity index (χ0v) is 28.5. The number of carboxylic acid groups (broad SMARTS) is 1. The van der Waals surface area contributed by atoms with Gasteiger partial charge in [0.05, 0.1) is 6.07 Å². The number of aliphatic carboxylic acids is 1. The topological polar surface area (TPSA) is 115 Å². The maximum Gasteiger partial charge on any atom is 0.303 e. The number of ether oxygens (including phenoxy) is 1. The highest BCUT2D eigenvalue weighted by Gasteiger charge is 2.30. The molecule has 0 spiro atoms. The summed E-state index contributed by atoms with van der Waals surface area (Å²) in [5, 5.41) is 25.2. The van der Waals surface area contributed by atoms with Gasteiger partial charge in [0.1, 0.15) is 24.6 Å². The number of anilines is 1. The average molecular weight is 674 g/mol. The van der Waals surface area contributed by atoms with E-state index in [9.17, 15) is 14.8 Å². The summed E-state index contributed by atoms with van der Waals surface area (Å²) in [6.07, 6.45) is 6.62. The number of hydrogen-bond acceptors (Lipinski definition) is 8. The van der Waals surface area contributed by atoms with E-state index in [4.69, 9.17) is 9.84 Å². The first kappa shape index (κ1) is 34.0. The standard InChI is InChI=1S/C37H43N3O7S/c1-3-4-16-39-17-7-10-25-21-29-33(23-31(25)39)45-34-24-32-26(11-8-18-40(32)19-20-48-47-46-44)22-30(34)36(29)27-12-5-6-13-28(27)37(43)38(2)15-9-14-35(41)42/h5-6,12-13,21-24H,3-4,7-11,14-20H2,1-2H3,(H-,41,42,44). The van der Waals surface area contributed by atoms with Crippen LogP contribution in [-0.4, -0.2) is 67.4 Å². The molecule has 0 radical (unpaired) electrons. The van der Waals surface area contributed by atoms with Crippen LogP contribution in [0.25, 0.3) is 5.57 Å². The fourth-order valence-corrected chi connectivity index (χ4v) is 7.57. The van der Waals surface area contributed by atoms with Gasteiger partial charge >= 0.3 is 5.97 Å². The smallest absolute Gasteiger partial charge is 0.303 e. The van der Waals surface area contributed by atoms with Gasteiger partial charge in [-0.1, -0.05) is 31.5 Å². The molecule has 0 saturated heterocycles. The third-order valence-corrected chi connectivity index (χ3v) is 10.0. The van der Waals surface area contributed by atoms with E-state index in [1.165, 1.54) is 16.5 Å². The first-order valence-electron chi connectivity index (χ1n) is 16.9. The molecule has 3 aromatic rings. The highest BCUT2D eigenvalue weighted by atomic mass is 32.2. The molecule has 3 heterocycles. The van der Waals surface area contributed by atoms with Crippen molar-refractivity contribution in [1.82, 2.24) is 9.48 Å². The number of fused-ring (bicyclic) bond motifs is 4. The van der Waals surface area contributed by atoms with E-state index in [2.05, 4.69) is 50.0 Å². The van der Waals surface area contributed by atoms with E-state index in [1.807, 2.05) is 24.3 Å². The van der Waals surface area contributed by atoms with E-state index in [1.54, 1.807) is 11.9 Å². The summed E-state index contributed by atoms with van der Waals surface area (Å²) < 4.78 is 13.8. The van der Waals surface area contributed by atoms with Crippen molar-refractivity contribution in [2.45, 2.75) is 58.3 Å². The summed E-state index contributed by atoms with van der Waals surface area (Å²) in [5.41, 5.74) is 6.91. The van der Waals surface area contributed by atoms with Crippen LogP contribution in [0.2, 0.25) is 0 Å². The summed E-state index contributed by atoms with van der Waals surface area (Å²) >= 11 is 0.989. The van der Waals surface area contributed by atoms with Crippen LogP contribution >= 0.6 is 12.0 Å². The number of rotatable bonds is 14. The van der Waals surface area contributed by atoms with Gasteiger partial charge in [0.15, 0.2) is 0 Å². The summed E-state index contributed by atoms with van der Waals surface area (Å²) in [5.74, 6) is 1.06. The lowest BCUT2D eigenvalue weighted by atomic mass is 9.86. The summed E-state index contributed by atoms with van der Waals surface area (Å²) in [6, 6.07) is 16.5. The van der Waals surface area contributed by atoms with Gasteiger partial charge in [0.2, 0.25) is 5.36 Å². The summed E-state index contributed by atoms with van der Waals surface area (Å²) in [4.78, 5) is 29.0. The molecule has 1 amide bonds.